The van der Waals surface area contributed by atoms with Crippen LogP contribution in [0, 0.1) is 12.8 Å². The quantitative estimate of drug-likeness (QED) is 0.889. The standard InChI is InChI=1S/C19H22N2O2/c1-13(2)17(19(23)20-15-10-5-4-6-11-15)21-18(22)16-12-8-7-9-14(16)3/h4-13,17H,1-3H3,(H,20,23)(H,21,22). The summed E-state index contributed by atoms with van der Waals surface area (Å²) >= 11 is 0. The molecule has 2 amide bonds. The number of nitrogens with one attached hydrogen (secondary N) is 2. The van der Waals surface area contributed by atoms with E-state index in [1.54, 1.807) is 6.07 Å². The molecule has 0 fully saturated rings. The van der Waals surface area contributed by atoms with Crippen molar-refractivity contribution in [3.63, 3.8) is 0 Å². The number of amides is 2. The molecule has 1 atom stereocenters. The van der Waals surface area contributed by atoms with Gasteiger partial charge in [-0.3, -0.25) is 9.59 Å². The SMILES string of the molecule is Cc1ccccc1C(=O)NC(C(=O)Nc1ccccc1)C(C)C. The van der Waals surface area contributed by atoms with Gasteiger partial charge < -0.3 is 10.6 Å². The third-order valence-corrected chi connectivity index (χ3v) is 3.67. The van der Waals surface area contributed by atoms with Crippen LogP contribution in [-0.2, 0) is 4.79 Å². The first-order valence-electron chi connectivity index (χ1n) is 7.71. The van der Waals surface area contributed by atoms with Crippen LogP contribution >= 0.6 is 0 Å². The van der Waals surface area contributed by atoms with Gasteiger partial charge in [0.2, 0.25) is 5.91 Å². The Kier molecular flexibility index (Phi) is 5.52. The van der Waals surface area contributed by atoms with Gasteiger partial charge in [-0.25, -0.2) is 0 Å². The fraction of sp³-hybridized carbons (Fsp3) is 0.263. The normalized spacial score (nSPS) is 11.8. The van der Waals surface area contributed by atoms with Crippen LogP contribution in [0.25, 0.3) is 0 Å². The van der Waals surface area contributed by atoms with E-state index in [0.717, 1.165) is 5.56 Å². The number of benzene rings is 2. The Labute approximate surface area is 136 Å². The Morgan fingerprint density at radius 1 is 0.913 bits per heavy atom. The number of para-hydroxylation sites is 1. The maximum absolute atomic E-state index is 12.5. The van der Waals surface area contributed by atoms with Crippen molar-refractivity contribution in [3.8, 4) is 0 Å². The van der Waals surface area contributed by atoms with E-state index in [1.807, 2.05) is 69.3 Å². The minimum absolute atomic E-state index is 0.0216. The highest BCUT2D eigenvalue weighted by atomic mass is 16.2. The number of hydrogen-bond acceptors (Lipinski definition) is 2. The molecule has 4 heteroatoms. The molecule has 0 aliphatic heterocycles. The average molecular weight is 310 g/mol. The zero-order valence-electron chi connectivity index (χ0n) is 13.7. The first-order valence-corrected chi connectivity index (χ1v) is 7.71. The second-order valence-corrected chi connectivity index (χ2v) is 5.87. The largest absolute Gasteiger partial charge is 0.340 e. The molecule has 0 saturated heterocycles. The highest BCUT2D eigenvalue weighted by molar-refractivity contribution is 6.01. The second kappa shape index (κ2) is 7.58. The van der Waals surface area contributed by atoms with Gasteiger partial charge in [0.05, 0.1) is 0 Å². The van der Waals surface area contributed by atoms with Crippen LogP contribution in [0.3, 0.4) is 0 Å². The molecule has 0 aliphatic rings. The highest BCUT2D eigenvalue weighted by Crippen LogP contribution is 2.12. The van der Waals surface area contributed by atoms with Gasteiger partial charge in [0.25, 0.3) is 5.91 Å². The van der Waals surface area contributed by atoms with Crippen molar-refractivity contribution < 1.29 is 9.59 Å². The van der Waals surface area contributed by atoms with Crippen LogP contribution in [0.1, 0.15) is 29.8 Å². The predicted molar refractivity (Wildman–Crippen MR) is 92.3 cm³/mol. The molecule has 0 radical (unpaired) electrons. The Balaban J connectivity index is 2.11. The van der Waals surface area contributed by atoms with Crippen molar-refractivity contribution in [1.29, 1.82) is 0 Å². The van der Waals surface area contributed by atoms with Gasteiger partial charge in [0.1, 0.15) is 6.04 Å². The lowest BCUT2D eigenvalue weighted by molar-refractivity contribution is -0.118. The Hall–Kier alpha value is -2.62. The van der Waals surface area contributed by atoms with Crippen LogP contribution in [0.4, 0.5) is 5.69 Å². The van der Waals surface area contributed by atoms with Crippen LogP contribution in [-0.4, -0.2) is 17.9 Å². The van der Waals surface area contributed by atoms with E-state index in [2.05, 4.69) is 10.6 Å². The summed E-state index contributed by atoms with van der Waals surface area (Å²) in [6.07, 6.45) is 0. The fourth-order valence-electron chi connectivity index (χ4n) is 2.32. The van der Waals surface area contributed by atoms with Crippen molar-refractivity contribution in [2.45, 2.75) is 26.8 Å². The monoisotopic (exact) mass is 310 g/mol. The summed E-state index contributed by atoms with van der Waals surface area (Å²) < 4.78 is 0. The topological polar surface area (TPSA) is 58.2 Å². The Bertz CT molecular complexity index is 681. The maximum atomic E-state index is 12.5. The van der Waals surface area contributed by atoms with Gasteiger partial charge in [-0.15, -0.1) is 0 Å². The van der Waals surface area contributed by atoms with Crippen molar-refractivity contribution in [2.24, 2.45) is 5.92 Å². The van der Waals surface area contributed by atoms with Gasteiger partial charge in [-0.1, -0.05) is 50.2 Å². The van der Waals surface area contributed by atoms with Crippen molar-refractivity contribution in [2.75, 3.05) is 5.32 Å². The third-order valence-electron chi connectivity index (χ3n) is 3.67. The van der Waals surface area contributed by atoms with Crippen LogP contribution in [0.5, 0.6) is 0 Å². The van der Waals surface area contributed by atoms with Crippen molar-refractivity contribution in [3.05, 3.63) is 65.7 Å². The van der Waals surface area contributed by atoms with E-state index < -0.39 is 6.04 Å². The average Bonchev–Trinajstić information content (AvgIpc) is 2.53. The zero-order chi connectivity index (χ0) is 16.8. The summed E-state index contributed by atoms with van der Waals surface area (Å²) in [5, 5.41) is 5.68. The number of hydrogen-bond donors (Lipinski definition) is 2. The summed E-state index contributed by atoms with van der Waals surface area (Å²) in [6.45, 7) is 5.70. The fourth-order valence-corrected chi connectivity index (χ4v) is 2.32. The highest BCUT2D eigenvalue weighted by Gasteiger charge is 2.25. The van der Waals surface area contributed by atoms with Gasteiger partial charge in [0.15, 0.2) is 0 Å². The van der Waals surface area contributed by atoms with Crippen LogP contribution in [0.15, 0.2) is 54.6 Å². The number of aryl methyl sites for hydroxylation is 1. The maximum Gasteiger partial charge on any atom is 0.252 e. The van der Waals surface area contributed by atoms with Crippen LogP contribution in [0.2, 0.25) is 0 Å². The van der Waals surface area contributed by atoms with E-state index in [9.17, 15) is 9.59 Å². The molecule has 1 unspecified atom stereocenters. The van der Waals surface area contributed by atoms with Gasteiger partial charge in [0, 0.05) is 11.3 Å². The minimum Gasteiger partial charge on any atom is -0.340 e. The van der Waals surface area contributed by atoms with Gasteiger partial charge >= 0.3 is 0 Å². The number of carbonyl (C=O) groups is 2. The zero-order valence-corrected chi connectivity index (χ0v) is 13.7. The minimum atomic E-state index is -0.595. The molecule has 2 aromatic carbocycles. The van der Waals surface area contributed by atoms with Crippen molar-refractivity contribution >= 4 is 17.5 Å². The van der Waals surface area contributed by atoms with Crippen molar-refractivity contribution in [1.82, 2.24) is 5.32 Å². The van der Waals surface area contributed by atoms with Gasteiger partial charge in [-0.05, 0) is 36.6 Å². The molecule has 0 aliphatic carbocycles. The Morgan fingerprint density at radius 2 is 1.52 bits per heavy atom. The summed E-state index contributed by atoms with van der Waals surface area (Å²) in [7, 11) is 0. The molecule has 2 N–H and O–H groups in total. The van der Waals surface area contributed by atoms with E-state index in [0.29, 0.717) is 11.3 Å². The van der Waals surface area contributed by atoms with E-state index in [-0.39, 0.29) is 17.7 Å². The molecule has 0 heterocycles. The predicted octanol–water partition coefficient (Wildman–Crippen LogP) is 3.39. The summed E-state index contributed by atoms with van der Waals surface area (Å²) in [5.41, 5.74) is 2.19. The first-order chi connectivity index (χ1) is 11.0. The summed E-state index contributed by atoms with van der Waals surface area (Å²) in [6, 6.07) is 16.0. The first kappa shape index (κ1) is 16.7. The smallest absolute Gasteiger partial charge is 0.252 e. The molecular formula is C19H22N2O2. The molecule has 0 bridgehead atoms. The molecule has 0 spiro atoms. The lowest BCUT2D eigenvalue weighted by atomic mass is 10.0. The summed E-state index contributed by atoms with van der Waals surface area (Å²) in [4.78, 5) is 24.9. The lowest BCUT2D eigenvalue weighted by Gasteiger charge is -2.22. The summed E-state index contributed by atoms with van der Waals surface area (Å²) in [5.74, 6) is -0.468. The third kappa shape index (κ3) is 4.42. The van der Waals surface area contributed by atoms with E-state index in [4.69, 9.17) is 0 Å². The Morgan fingerprint density at radius 3 is 2.13 bits per heavy atom. The van der Waals surface area contributed by atoms with Gasteiger partial charge in [-0.2, -0.15) is 0 Å². The molecule has 0 aromatic heterocycles. The van der Waals surface area contributed by atoms with E-state index >= 15 is 0 Å². The molecule has 120 valence electrons. The number of anilines is 1. The molecule has 23 heavy (non-hydrogen) atoms. The van der Waals surface area contributed by atoms with Crippen LogP contribution < -0.4 is 10.6 Å². The number of rotatable bonds is 5. The molecule has 4 nitrogen and oxygen atoms in total. The number of carbonyl (C=O) groups excluding carboxylic acids is 2. The molecule has 0 saturated carbocycles. The van der Waals surface area contributed by atoms with E-state index in [1.165, 1.54) is 0 Å². The molecular weight excluding hydrogens is 288 g/mol. The second-order valence-electron chi connectivity index (χ2n) is 5.87. The molecule has 2 rings (SSSR count). The lowest BCUT2D eigenvalue weighted by Crippen LogP contribution is -2.47. The molecule has 2 aromatic rings.